The van der Waals surface area contributed by atoms with Gasteiger partial charge in [0.1, 0.15) is 6.61 Å². The Hall–Kier alpha value is -1.40. The van der Waals surface area contributed by atoms with Crippen molar-refractivity contribution in [2.75, 3.05) is 34.3 Å². The van der Waals surface area contributed by atoms with Crippen molar-refractivity contribution >= 4 is 27.8 Å². The molecule has 0 aliphatic heterocycles. The number of allylic oxidation sites excluding steroid dienone is 1. The highest BCUT2D eigenvalue weighted by Crippen LogP contribution is 2.19. The summed E-state index contributed by atoms with van der Waals surface area (Å²) in [4.78, 5) is 10.1. The van der Waals surface area contributed by atoms with Gasteiger partial charge in [0.2, 0.25) is 5.88 Å². The van der Waals surface area contributed by atoms with Crippen LogP contribution >= 0.6 is 15.9 Å². The lowest BCUT2D eigenvalue weighted by molar-refractivity contribution is 0.254. The summed E-state index contributed by atoms with van der Waals surface area (Å²) in [5, 5.41) is 0. The Morgan fingerprint density at radius 3 is 2.95 bits per heavy atom. The molecule has 0 fully saturated rings. The van der Waals surface area contributed by atoms with Crippen molar-refractivity contribution < 1.29 is 4.74 Å². The molecule has 5 nitrogen and oxygen atoms in total. The molecule has 1 aromatic heterocycles. The minimum absolute atomic E-state index is 0.566. The number of aromatic nitrogens is 1. The van der Waals surface area contributed by atoms with Gasteiger partial charge in [-0.2, -0.15) is 0 Å². The largest absolute Gasteiger partial charge is 0.476 e. The molecule has 1 rings (SSSR count). The molecule has 6 heteroatoms. The zero-order valence-corrected chi connectivity index (χ0v) is 13.0. The second-order valence-corrected chi connectivity index (χ2v) is 5.04. The molecule has 0 atom stereocenters. The molecule has 0 aromatic carbocycles. The van der Waals surface area contributed by atoms with Gasteiger partial charge >= 0.3 is 0 Å². The van der Waals surface area contributed by atoms with Crippen LogP contribution in [0.15, 0.2) is 27.8 Å². The molecular weight excluding hydrogens is 308 g/mol. The van der Waals surface area contributed by atoms with Gasteiger partial charge in [-0.25, -0.2) is 4.98 Å². The van der Waals surface area contributed by atoms with Gasteiger partial charge in [-0.05, 0) is 36.1 Å². The minimum atomic E-state index is 0.566. The highest BCUT2D eigenvalue weighted by atomic mass is 79.9. The topological polar surface area (TPSA) is 63.7 Å². The number of rotatable bonds is 6. The van der Waals surface area contributed by atoms with Crippen LogP contribution in [-0.4, -0.2) is 50.4 Å². The van der Waals surface area contributed by atoms with E-state index in [1.54, 1.807) is 19.5 Å². The first kappa shape index (κ1) is 15.7. The molecule has 1 aromatic rings. The van der Waals surface area contributed by atoms with E-state index in [1.165, 1.54) is 0 Å². The van der Waals surface area contributed by atoms with Crippen LogP contribution < -0.4 is 10.5 Å². The van der Waals surface area contributed by atoms with Crippen LogP contribution in [0.3, 0.4) is 0 Å². The van der Waals surface area contributed by atoms with Gasteiger partial charge in [0, 0.05) is 37.6 Å². The number of halogens is 1. The predicted octanol–water partition coefficient (Wildman–Crippen LogP) is 1.74. The smallest absolute Gasteiger partial charge is 0.213 e. The molecule has 0 spiro atoms. The van der Waals surface area contributed by atoms with E-state index in [0.717, 1.165) is 16.6 Å². The van der Waals surface area contributed by atoms with Gasteiger partial charge in [-0.1, -0.05) is 0 Å². The van der Waals surface area contributed by atoms with Crippen LogP contribution in [0.1, 0.15) is 5.56 Å². The van der Waals surface area contributed by atoms with Gasteiger partial charge in [-0.15, -0.1) is 0 Å². The lowest BCUT2D eigenvalue weighted by Gasteiger charge is -2.11. The van der Waals surface area contributed by atoms with Crippen molar-refractivity contribution in [3.05, 3.63) is 28.4 Å². The van der Waals surface area contributed by atoms with E-state index in [0.29, 0.717) is 18.2 Å². The molecule has 2 N–H and O–H groups in total. The Labute approximate surface area is 122 Å². The van der Waals surface area contributed by atoms with Gasteiger partial charge in [0.25, 0.3) is 0 Å². The third-order valence-corrected chi connectivity index (χ3v) is 2.97. The highest BCUT2D eigenvalue weighted by molar-refractivity contribution is 9.12. The monoisotopic (exact) mass is 326 g/mol. The number of nitrogens with two attached hydrogens (primary N) is 1. The maximum absolute atomic E-state index is 6.02. The number of ether oxygens (including phenoxy) is 1. The SMILES string of the molecule is CN=CC(Br)=C(N)c1ccnc(OCCN(C)C)c1. The average Bonchev–Trinajstić information content (AvgIpc) is 2.38. The number of pyridine rings is 1. The number of hydrogen-bond acceptors (Lipinski definition) is 5. The van der Waals surface area contributed by atoms with Crippen LogP contribution in [0, 0.1) is 0 Å². The van der Waals surface area contributed by atoms with Crippen molar-refractivity contribution in [3.8, 4) is 5.88 Å². The Balaban J connectivity index is 2.79. The summed E-state index contributed by atoms with van der Waals surface area (Å²) >= 11 is 3.37. The van der Waals surface area contributed by atoms with Crippen molar-refractivity contribution in [2.24, 2.45) is 10.7 Å². The summed E-state index contributed by atoms with van der Waals surface area (Å²) in [6, 6.07) is 3.65. The lowest BCUT2D eigenvalue weighted by atomic mass is 10.2. The van der Waals surface area contributed by atoms with E-state index in [1.807, 2.05) is 31.1 Å². The van der Waals surface area contributed by atoms with Crippen molar-refractivity contribution in [3.63, 3.8) is 0 Å². The normalized spacial score (nSPS) is 12.9. The standard InChI is InChI=1S/C13H19BrN4O/c1-16-9-11(14)13(15)10-4-5-17-12(8-10)19-7-6-18(2)3/h4-5,8-9H,6-7,15H2,1-3H3. The van der Waals surface area contributed by atoms with Crippen LogP contribution in [0.2, 0.25) is 0 Å². The highest BCUT2D eigenvalue weighted by Gasteiger charge is 2.04. The molecule has 0 saturated heterocycles. The van der Waals surface area contributed by atoms with E-state index < -0.39 is 0 Å². The zero-order chi connectivity index (χ0) is 14.3. The first-order valence-electron chi connectivity index (χ1n) is 5.86. The summed E-state index contributed by atoms with van der Waals surface area (Å²) in [6.45, 7) is 1.42. The predicted molar refractivity (Wildman–Crippen MR) is 82.7 cm³/mol. The Kier molecular flexibility index (Phi) is 6.52. The van der Waals surface area contributed by atoms with Crippen molar-refractivity contribution in [1.82, 2.24) is 9.88 Å². The Bertz CT molecular complexity index is 471. The number of hydrogen-bond donors (Lipinski definition) is 1. The Morgan fingerprint density at radius 2 is 2.32 bits per heavy atom. The second kappa shape index (κ2) is 7.91. The van der Waals surface area contributed by atoms with E-state index in [9.17, 15) is 0 Å². The van der Waals surface area contributed by atoms with E-state index in [-0.39, 0.29) is 0 Å². The molecule has 0 aliphatic carbocycles. The first-order chi connectivity index (χ1) is 9.04. The quantitative estimate of drug-likeness (QED) is 0.809. The first-order valence-corrected chi connectivity index (χ1v) is 6.65. The molecule has 0 aliphatic rings. The maximum Gasteiger partial charge on any atom is 0.213 e. The summed E-state index contributed by atoms with van der Waals surface area (Å²) < 4.78 is 6.30. The average molecular weight is 327 g/mol. The minimum Gasteiger partial charge on any atom is -0.476 e. The van der Waals surface area contributed by atoms with Gasteiger partial charge < -0.3 is 15.4 Å². The van der Waals surface area contributed by atoms with E-state index >= 15 is 0 Å². The lowest BCUT2D eigenvalue weighted by Crippen LogP contribution is -2.19. The van der Waals surface area contributed by atoms with Crippen LogP contribution in [-0.2, 0) is 0 Å². The molecule has 0 radical (unpaired) electrons. The summed E-state index contributed by atoms with van der Waals surface area (Å²) in [5.41, 5.74) is 7.47. The molecule has 1 heterocycles. The van der Waals surface area contributed by atoms with Gasteiger partial charge in [0.05, 0.1) is 10.2 Å². The summed E-state index contributed by atoms with van der Waals surface area (Å²) in [5.74, 6) is 0.566. The van der Waals surface area contributed by atoms with Gasteiger partial charge in [-0.3, -0.25) is 4.99 Å². The zero-order valence-electron chi connectivity index (χ0n) is 11.4. The number of likely N-dealkylation sites (N-methyl/N-ethyl adjacent to an activating group) is 1. The fourth-order valence-electron chi connectivity index (χ4n) is 1.31. The fraction of sp³-hybridized carbons (Fsp3) is 0.385. The Morgan fingerprint density at radius 1 is 1.58 bits per heavy atom. The van der Waals surface area contributed by atoms with Crippen molar-refractivity contribution in [1.29, 1.82) is 0 Å². The fourth-order valence-corrected chi connectivity index (χ4v) is 1.74. The number of nitrogens with zero attached hydrogens (tertiary/aromatic N) is 3. The van der Waals surface area contributed by atoms with Crippen LogP contribution in [0.25, 0.3) is 5.70 Å². The van der Waals surface area contributed by atoms with Gasteiger partial charge in [0.15, 0.2) is 0 Å². The summed E-state index contributed by atoms with van der Waals surface area (Å²) in [6.07, 6.45) is 3.33. The molecule has 0 bridgehead atoms. The maximum atomic E-state index is 6.02. The molecule has 0 amide bonds. The number of aliphatic imine (C=N–C) groups is 1. The summed E-state index contributed by atoms with van der Waals surface area (Å²) in [7, 11) is 5.68. The molecule has 19 heavy (non-hydrogen) atoms. The van der Waals surface area contributed by atoms with Crippen molar-refractivity contribution in [2.45, 2.75) is 0 Å². The van der Waals surface area contributed by atoms with E-state index in [2.05, 4.69) is 25.9 Å². The van der Waals surface area contributed by atoms with Crippen LogP contribution in [0.4, 0.5) is 0 Å². The molecule has 0 saturated carbocycles. The molecule has 0 unspecified atom stereocenters. The molecular formula is C13H19BrN4O. The third kappa shape index (κ3) is 5.40. The molecule has 104 valence electrons. The third-order valence-electron chi connectivity index (χ3n) is 2.33. The van der Waals surface area contributed by atoms with E-state index in [4.69, 9.17) is 10.5 Å². The second-order valence-electron chi connectivity index (χ2n) is 4.18. The van der Waals surface area contributed by atoms with Crippen LogP contribution in [0.5, 0.6) is 5.88 Å².